The summed E-state index contributed by atoms with van der Waals surface area (Å²) in [5.41, 5.74) is 0. The zero-order valence-corrected chi connectivity index (χ0v) is 60.7. The number of rotatable bonds is 68. The summed E-state index contributed by atoms with van der Waals surface area (Å²) in [5.74, 6) is -0.241. The van der Waals surface area contributed by atoms with Crippen molar-refractivity contribution in [2.45, 2.75) is 447 Å². The Kier molecular flexibility index (Phi) is 60.7. The van der Waals surface area contributed by atoms with Gasteiger partial charge in [0.1, 0.15) is 48.8 Å². The number of carbonyl (C=O) groups is 1. The number of aliphatic hydroxyl groups is 8. The minimum atomic E-state index is -1.79. The molecule has 0 radical (unpaired) electrons. The highest BCUT2D eigenvalue weighted by atomic mass is 16.7. The van der Waals surface area contributed by atoms with Gasteiger partial charge in [-0.1, -0.05) is 346 Å². The summed E-state index contributed by atoms with van der Waals surface area (Å²) in [6.07, 6.45) is 68.1. The van der Waals surface area contributed by atoms with E-state index in [1.54, 1.807) is 6.08 Å². The summed E-state index contributed by atoms with van der Waals surface area (Å²) in [5, 5.41) is 87.6. The van der Waals surface area contributed by atoms with E-state index in [1.807, 2.05) is 6.08 Å². The van der Waals surface area contributed by atoms with Gasteiger partial charge in [-0.25, -0.2) is 0 Å². The van der Waals surface area contributed by atoms with Crippen LogP contribution in [0.3, 0.4) is 0 Å². The SMILES string of the molecule is CCCCCCCCCC/C=C\CCCCCCCCCCCCCCCCCCCCCC(=O)NC(COC1OC(CO)C(OC2OC(CO)C(O)C(O)C2O)C(O)C1O)C(O)/C=C/CC/C=C/CCCCCCCCCCCCCCCCCCCCCCCCC. The summed E-state index contributed by atoms with van der Waals surface area (Å²) in [7, 11) is 0. The van der Waals surface area contributed by atoms with E-state index in [1.165, 1.54) is 308 Å². The molecular weight excluding hydrogens is 1180 g/mol. The fourth-order valence-corrected chi connectivity index (χ4v) is 13.4. The molecule has 14 nitrogen and oxygen atoms in total. The lowest BCUT2D eigenvalue weighted by Gasteiger charge is -2.46. The van der Waals surface area contributed by atoms with Gasteiger partial charge in [-0.3, -0.25) is 4.79 Å². The van der Waals surface area contributed by atoms with Crippen LogP contribution in [0.1, 0.15) is 373 Å². The lowest BCUT2D eigenvalue weighted by molar-refractivity contribution is -0.359. The smallest absolute Gasteiger partial charge is 0.220 e. The van der Waals surface area contributed by atoms with Crippen LogP contribution in [0.25, 0.3) is 0 Å². The van der Waals surface area contributed by atoms with Crippen LogP contribution in [0, 0.1) is 0 Å². The van der Waals surface area contributed by atoms with Crippen LogP contribution >= 0.6 is 0 Å². The highest BCUT2D eigenvalue weighted by Gasteiger charge is 2.51. The highest BCUT2D eigenvalue weighted by molar-refractivity contribution is 5.76. The molecule has 554 valence electrons. The van der Waals surface area contributed by atoms with Crippen LogP contribution in [-0.4, -0.2) is 140 Å². The molecule has 2 aliphatic heterocycles. The van der Waals surface area contributed by atoms with Gasteiger partial charge < -0.3 is 65.1 Å². The van der Waals surface area contributed by atoms with Gasteiger partial charge in [0, 0.05) is 6.42 Å². The minimum absolute atomic E-state index is 0.241. The largest absolute Gasteiger partial charge is 0.394 e. The molecule has 2 fully saturated rings. The first-order chi connectivity index (χ1) is 46.1. The molecule has 12 unspecified atom stereocenters. The van der Waals surface area contributed by atoms with Crippen LogP contribution in [0.2, 0.25) is 0 Å². The summed E-state index contributed by atoms with van der Waals surface area (Å²) < 4.78 is 22.9. The second-order valence-electron chi connectivity index (χ2n) is 28.5. The lowest BCUT2D eigenvalue weighted by atomic mass is 9.97. The maximum atomic E-state index is 13.4. The van der Waals surface area contributed by atoms with E-state index in [9.17, 15) is 45.6 Å². The predicted molar refractivity (Wildman–Crippen MR) is 388 cm³/mol. The van der Waals surface area contributed by atoms with Crippen molar-refractivity contribution in [3.63, 3.8) is 0 Å². The van der Waals surface area contributed by atoms with Crippen molar-refractivity contribution < 1.29 is 64.6 Å². The molecule has 0 aromatic rings. The van der Waals surface area contributed by atoms with Gasteiger partial charge in [0.25, 0.3) is 0 Å². The standard InChI is InChI=1S/C80H151NO13/c1-3-5-7-9-11-13-15-17-19-21-23-25-27-29-31-33-34-36-38-40-42-44-46-48-50-52-54-56-58-60-62-64-72(85)81-68(67-91-79-77(90)75(88)78(71(66-83)93-79)94-80-76(89)74(87)73(86)70(65-82)92-80)69(84)63-61-59-57-55-53-51-49-47-45-43-41-39-37-35-32-30-28-26-24-22-20-18-16-14-12-10-8-6-4-2/h21,23,53,55,61,63,68-71,73-80,82-84,86-90H,3-20,22,24-52,54,56-60,62,64-67H2,1-2H3,(H,81,85)/b23-21-,55-53+,63-61+. The molecule has 0 aliphatic carbocycles. The van der Waals surface area contributed by atoms with Crippen molar-refractivity contribution >= 4 is 5.91 Å². The van der Waals surface area contributed by atoms with E-state index < -0.39 is 86.8 Å². The average molecular weight is 1340 g/mol. The molecule has 9 N–H and O–H groups in total. The van der Waals surface area contributed by atoms with Crippen molar-refractivity contribution in [3.05, 3.63) is 36.5 Å². The van der Waals surface area contributed by atoms with E-state index in [0.717, 1.165) is 32.1 Å². The highest BCUT2D eigenvalue weighted by Crippen LogP contribution is 2.30. The number of allylic oxidation sites excluding steroid dienone is 5. The molecular formula is C80H151NO13. The van der Waals surface area contributed by atoms with Gasteiger partial charge in [0.2, 0.25) is 5.91 Å². The summed E-state index contributed by atoms with van der Waals surface area (Å²) in [6, 6.07) is -0.932. The minimum Gasteiger partial charge on any atom is -0.394 e. The van der Waals surface area contributed by atoms with Crippen LogP contribution in [-0.2, 0) is 23.7 Å². The third kappa shape index (κ3) is 47.3. The van der Waals surface area contributed by atoms with Crippen molar-refractivity contribution in [3.8, 4) is 0 Å². The Labute approximate surface area is 576 Å². The van der Waals surface area contributed by atoms with Crippen molar-refractivity contribution in [2.75, 3.05) is 19.8 Å². The van der Waals surface area contributed by atoms with E-state index in [-0.39, 0.29) is 18.9 Å². The maximum Gasteiger partial charge on any atom is 0.220 e. The van der Waals surface area contributed by atoms with Crippen molar-refractivity contribution in [1.29, 1.82) is 0 Å². The van der Waals surface area contributed by atoms with Gasteiger partial charge in [-0.2, -0.15) is 0 Å². The Morgan fingerprint density at radius 3 is 1.04 bits per heavy atom. The Morgan fingerprint density at radius 1 is 0.372 bits per heavy atom. The Balaban J connectivity index is 1.63. The normalized spacial score (nSPS) is 22.6. The molecule has 2 aliphatic rings. The maximum absolute atomic E-state index is 13.4. The molecule has 2 saturated heterocycles. The van der Waals surface area contributed by atoms with Gasteiger partial charge >= 0.3 is 0 Å². The number of aliphatic hydroxyl groups excluding tert-OH is 8. The lowest BCUT2D eigenvalue weighted by Crippen LogP contribution is -2.65. The third-order valence-electron chi connectivity index (χ3n) is 19.8. The molecule has 2 rings (SSSR count). The number of ether oxygens (including phenoxy) is 4. The number of amides is 1. The van der Waals surface area contributed by atoms with Crippen molar-refractivity contribution in [1.82, 2.24) is 5.32 Å². The molecule has 0 saturated carbocycles. The van der Waals surface area contributed by atoms with Crippen LogP contribution in [0.4, 0.5) is 0 Å². The molecule has 0 bridgehead atoms. The molecule has 1 amide bonds. The van der Waals surface area contributed by atoms with Crippen LogP contribution < -0.4 is 5.32 Å². The summed E-state index contributed by atoms with van der Waals surface area (Å²) in [4.78, 5) is 13.4. The van der Waals surface area contributed by atoms with E-state index in [2.05, 4.69) is 43.5 Å². The molecule has 94 heavy (non-hydrogen) atoms. The van der Waals surface area contributed by atoms with E-state index in [4.69, 9.17) is 18.9 Å². The number of hydrogen-bond acceptors (Lipinski definition) is 13. The molecule has 12 atom stereocenters. The van der Waals surface area contributed by atoms with E-state index in [0.29, 0.717) is 12.8 Å². The van der Waals surface area contributed by atoms with Crippen LogP contribution in [0.15, 0.2) is 36.5 Å². The molecule has 0 aromatic carbocycles. The fourth-order valence-electron chi connectivity index (χ4n) is 13.4. The van der Waals surface area contributed by atoms with Gasteiger partial charge in [0.15, 0.2) is 12.6 Å². The fraction of sp³-hybridized carbons (Fsp3) is 0.912. The quantitative estimate of drug-likeness (QED) is 0.0204. The monoisotopic (exact) mass is 1330 g/mol. The zero-order valence-electron chi connectivity index (χ0n) is 60.7. The topological polar surface area (TPSA) is 228 Å². The van der Waals surface area contributed by atoms with Crippen molar-refractivity contribution in [2.24, 2.45) is 0 Å². The van der Waals surface area contributed by atoms with Gasteiger partial charge in [-0.05, 0) is 57.8 Å². The molecule has 0 aromatic heterocycles. The number of nitrogens with one attached hydrogen (secondary N) is 1. The summed E-state index contributed by atoms with van der Waals surface area (Å²) >= 11 is 0. The average Bonchev–Trinajstić information content (AvgIpc) is 0.794. The van der Waals surface area contributed by atoms with E-state index >= 15 is 0 Å². The second kappa shape index (κ2) is 64.6. The molecule has 0 spiro atoms. The molecule has 2 heterocycles. The third-order valence-corrected chi connectivity index (χ3v) is 19.8. The summed E-state index contributed by atoms with van der Waals surface area (Å²) in [6.45, 7) is 2.85. The Bertz CT molecular complexity index is 1720. The van der Waals surface area contributed by atoms with Crippen LogP contribution in [0.5, 0.6) is 0 Å². The Morgan fingerprint density at radius 2 is 0.681 bits per heavy atom. The second-order valence-corrected chi connectivity index (χ2v) is 28.5. The van der Waals surface area contributed by atoms with Gasteiger partial charge in [0.05, 0.1) is 32.0 Å². The number of hydrogen-bond donors (Lipinski definition) is 9. The molecule has 14 heteroatoms. The zero-order chi connectivity index (χ0) is 68.0. The van der Waals surface area contributed by atoms with Gasteiger partial charge in [-0.15, -0.1) is 0 Å². The Hall–Kier alpha value is -1.79. The number of unbranched alkanes of at least 4 members (excludes halogenated alkanes) is 51. The first kappa shape index (κ1) is 88.3. The number of carbonyl (C=O) groups excluding carboxylic acids is 1. The first-order valence-corrected chi connectivity index (χ1v) is 40.2. The predicted octanol–water partition coefficient (Wildman–Crippen LogP) is 18.0. The first-order valence-electron chi connectivity index (χ1n) is 40.2.